The largest absolute Gasteiger partial charge is 0.421 e. The van der Waals surface area contributed by atoms with Gasteiger partial charge in [-0.2, -0.15) is 12.7 Å². The molecule has 0 radical (unpaired) electrons. The summed E-state index contributed by atoms with van der Waals surface area (Å²) >= 11 is 6.04. The Kier molecular flexibility index (Phi) is 4.94. The van der Waals surface area contributed by atoms with Crippen molar-refractivity contribution >= 4 is 21.8 Å². The summed E-state index contributed by atoms with van der Waals surface area (Å²) in [6.45, 7) is 0.171. The number of aromatic nitrogens is 2. The highest BCUT2D eigenvalue weighted by atomic mass is 35.5. The van der Waals surface area contributed by atoms with Gasteiger partial charge in [0.1, 0.15) is 0 Å². The topological polar surface area (TPSA) is 88.3 Å². The summed E-state index contributed by atoms with van der Waals surface area (Å²) in [5.41, 5.74) is 0.645. The fraction of sp³-hybridized carbons (Fsp3) is 0.333. The normalized spacial score (nSPS) is 12.0. The second-order valence-electron chi connectivity index (χ2n) is 4.41. The summed E-state index contributed by atoms with van der Waals surface area (Å²) in [6.07, 6.45) is 0.296. The van der Waals surface area contributed by atoms with E-state index < -0.39 is 10.2 Å². The van der Waals surface area contributed by atoms with Gasteiger partial charge in [0.15, 0.2) is 0 Å². The SMILES string of the molecule is CN(C)S(=O)(=O)NCCc1nnc(-c2ccccc2Cl)o1. The molecule has 0 spiro atoms. The van der Waals surface area contributed by atoms with Gasteiger partial charge >= 0.3 is 0 Å². The van der Waals surface area contributed by atoms with Gasteiger partial charge in [0.2, 0.25) is 11.8 Å². The smallest absolute Gasteiger partial charge is 0.278 e. The zero-order valence-electron chi connectivity index (χ0n) is 11.6. The maximum atomic E-state index is 11.5. The third kappa shape index (κ3) is 4.01. The van der Waals surface area contributed by atoms with Gasteiger partial charge < -0.3 is 4.42 Å². The summed E-state index contributed by atoms with van der Waals surface area (Å²) in [4.78, 5) is 0. The Labute approximate surface area is 128 Å². The molecule has 0 saturated carbocycles. The van der Waals surface area contributed by atoms with Crippen LogP contribution >= 0.6 is 11.6 Å². The lowest BCUT2D eigenvalue weighted by atomic mass is 10.2. The Balaban J connectivity index is 2.00. The van der Waals surface area contributed by atoms with Crippen LogP contribution < -0.4 is 4.72 Å². The highest BCUT2D eigenvalue weighted by Gasteiger charge is 2.14. The van der Waals surface area contributed by atoms with E-state index in [1.165, 1.54) is 14.1 Å². The average Bonchev–Trinajstić information content (AvgIpc) is 2.87. The van der Waals surface area contributed by atoms with Gasteiger partial charge in [-0.1, -0.05) is 23.7 Å². The molecule has 9 heteroatoms. The van der Waals surface area contributed by atoms with E-state index in [4.69, 9.17) is 16.0 Å². The molecule has 0 aliphatic heterocycles. The van der Waals surface area contributed by atoms with E-state index in [0.717, 1.165) is 4.31 Å². The van der Waals surface area contributed by atoms with E-state index >= 15 is 0 Å². The van der Waals surface area contributed by atoms with Crippen LogP contribution in [0.4, 0.5) is 0 Å². The van der Waals surface area contributed by atoms with Crippen LogP contribution in [0.15, 0.2) is 28.7 Å². The van der Waals surface area contributed by atoms with Crippen molar-refractivity contribution in [1.82, 2.24) is 19.2 Å². The minimum absolute atomic E-state index is 0.171. The van der Waals surface area contributed by atoms with Crippen LogP contribution in [0.2, 0.25) is 5.02 Å². The van der Waals surface area contributed by atoms with Crippen molar-refractivity contribution in [3.8, 4) is 11.5 Å². The maximum absolute atomic E-state index is 11.5. The van der Waals surface area contributed by atoms with E-state index in [0.29, 0.717) is 28.8 Å². The van der Waals surface area contributed by atoms with Crippen molar-refractivity contribution in [2.24, 2.45) is 0 Å². The Morgan fingerprint density at radius 3 is 2.67 bits per heavy atom. The number of benzene rings is 1. The van der Waals surface area contributed by atoms with Crippen molar-refractivity contribution < 1.29 is 12.8 Å². The first kappa shape index (κ1) is 15.9. The van der Waals surface area contributed by atoms with Crippen LogP contribution in [0, 0.1) is 0 Å². The molecular weight excluding hydrogens is 316 g/mol. The molecule has 0 amide bonds. The van der Waals surface area contributed by atoms with E-state index in [9.17, 15) is 8.42 Å². The number of hydrogen-bond donors (Lipinski definition) is 1. The molecule has 0 bridgehead atoms. The Morgan fingerprint density at radius 1 is 1.29 bits per heavy atom. The number of nitrogens with one attached hydrogen (secondary N) is 1. The molecular formula is C12H15ClN4O3S. The van der Waals surface area contributed by atoms with Gasteiger partial charge in [-0.25, -0.2) is 4.72 Å². The Bertz CT molecular complexity index is 715. The molecule has 1 heterocycles. The maximum Gasteiger partial charge on any atom is 0.278 e. The summed E-state index contributed by atoms with van der Waals surface area (Å²) in [7, 11) is -0.550. The van der Waals surface area contributed by atoms with E-state index in [2.05, 4.69) is 14.9 Å². The fourth-order valence-electron chi connectivity index (χ4n) is 1.51. The average molecular weight is 331 g/mol. The van der Waals surface area contributed by atoms with Crippen LogP contribution in [0.3, 0.4) is 0 Å². The Hall–Kier alpha value is -1.48. The molecule has 0 fully saturated rings. The standard InChI is InChI=1S/C12H15ClN4O3S/c1-17(2)21(18,19)14-8-7-11-15-16-12(20-11)9-5-3-4-6-10(9)13/h3-6,14H,7-8H2,1-2H3. The van der Waals surface area contributed by atoms with Crippen molar-refractivity contribution in [3.63, 3.8) is 0 Å². The number of nitrogens with zero attached hydrogens (tertiary/aromatic N) is 3. The fourth-order valence-corrected chi connectivity index (χ4v) is 2.35. The van der Waals surface area contributed by atoms with E-state index in [1.54, 1.807) is 18.2 Å². The van der Waals surface area contributed by atoms with Crippen molar-refractivity contribution in [1.29, 1.82) is 0 Å². The van der Waals surface area contributed by atoms with Crippen LogP contribution in [-0.2, 0) is 16.6 Å². The molecule has 1 aromatic heterocycles. The van der Waals surface area contributed by atoms with Gasteiger partial charge in [-0.05, 0) is 12.1 Å². The zero-order valence-corrected chi connectivity index (χ0v) is 13.1. The number of hydrogen-bond acceptors (Lipinski definition) is 5. The zero-order chi connectivity index (χ0) is 15.5. The first-order chi connectivity index (χ1) is 9.90. The lowest BCUT2D eigenvalue weighted by Crippen LogP contribution is -2.36. The van der Waals surface area contributed by atoms with Crippen molar-refractivity contribution in [2.45, 2.75) is 6.42 Å². The third-order valence-corrected chi connectivity index (χ3v) is 4.54. The molecule has 114 valence electrons. The van der Waals surface area contributed by atoms with Gasteiger partial charge in [-0.3, -0.25) is 0 Å². The van der Waals surface area contributed by atoms with Crippen molar-refractivity contribution in [3.05, 3.63) is 35.2 Å². The van der Waals surface area contributed by atoms with Crippen LogP contribution in [-0.4, -0.2) is 43.6 Å². The van der Waals surface area contributed by atoms with Crippen LogP contribution in [0.1, 0.15) is 5.89 Å². The first-order valence-corrected chi connectivity index (χ1v) is 7.96. The molecule has 0 aliphatic rings. The highest BCUT2D eigenvalue weighted by Crippen LogP contribution is 2.26. The van der Waals surface area contributed by atoms with E-state index in [-0.39, 0.29) is 6.54 Å². The summed E-state index contributed by atoms with van der Waals surface area (Å²) < 4.78 is 32.0. The third-order valence-electron chi connectivity index (χ3n) is 2.68. The molecule has 21 heavy (non-hydrogen) atoms. The van der Waals surface area contributed by atoms with Gasteiger partial charge in [0.25, 0.3) is 10.2 Å². The second-order valence-corrected chi connectivity index (χ2v) is 6.79. The van der Waals surface area contributed by atoms with Gasteiger partial charge in [0, 0.05) is 27.1 Å². The molecule has 1 aromatic carbocycles. The van der Waals surface area contributed by atoms with Crippen LogP contribution in [0.25, 0.3) is 11.5 Å². The lowest BCUT2D eigenvalue weighted by molar-refractivity contribution is 0.488. The van der Waals surface area contributed by atoms with Gasteiger partial charge in [0.05, 0.1) is 10.6 Å². The molecule has 2 aromatic rings. The molecule has 0 atom stereocenters. The Morgan fingerprint density at radius 2 is 2.00 bits per heavy atom. The monoisotopic (exact) mass is 330 g/mol. The van der Waals surface area contributed by atoms with Crippen LogP contribution in [0.5, 0.6) is 0 Å². The number of rotatable bonds is 6. The summed E-state index contributed by atoms with van der Waals surface area (Å²) in [6, 6.07) is 7.12. The minimum Gasteiger partial charge on any atom is -0.421 e. The predicted molar refractivity (Wildman–Crippen MR) is 79.1 cm³/mol. The predicted octanol–water partition coefficient (Wildman–Crippen LogP) is 1.33. The van der Waals surface area contributed by atoms with E-state index in [1.807, 2.05) is 6.07 Å². The molecule has 0 aliphatic carbocycles. The first-order valence-electron chi connectivity index (χ1n) is 6.14. The lowest BCUT2D eigenvalue weighted by Gasteiger charge is -2.11. The number of halogens is 1. The summed E-state index contributed by atoms with van der Waals surface area (Å²) in [5, 5.41) is 8.30. The summed E-state index contributed by atoms with van der Waals surface area (Å²) in [5.74, 6) is 0.650. The highest BCUT2D eigenvalue weighted by molar-refractivity contribution is 7.87. The molecule has 1 N–H and O–H groups in total. The quantitative estimate of drug-likeness (QED) is 0.863. The molecule has 0 saturated heterocycles. The van der Waals surface area contributed by atoms with Gasteiger partial charge in [-0.15, -0.1) is 10.2 Å². The second kappa shape index (κ2) is 6.52. The van der Waals surface area contributed by atoms with Crippen molar-refractivity contribution in [2.75, 3.05) is 20.6 Å². The molecule has 2 rings (SSSR count). The molecule has 7 nitrogen and oxygen atoms in total. The minimum atomic E-state index is -3.45. The molecule has 0 unspecified atom stereocenters.